The Kier molecular flexibility index (Phi) is 7.27. The van der Waals surface area contributed by atoms with Crippen LogP contribution >= 0.6 is 15.0 Å². The van der Waals surface area contributed by atoms with Crippen molar-refractivity contribution in [2.45, 2.75) is 63.4 Å². The number of rotatable bonds is 6. The first-order valence-electron chi connectivity index (χ1n) is 5.65. The third kappa shape index (κ3) is 3.29. The summed E-state index contributed by atoms with van der Waals surface area (Å²) < 4.78 is 0. The molecule has 0 nitrogen and oxygen atoms in total. The van der Waals surface area contributed by atoms with Crippen LogP contribution in [0.2, 0.25) is 4.89 Å². The molecule has 0 bridgehead atoms. The van der Waals surface area contributed by atoms with E-state index < -0.39 is 20.7 Å². The van der Waals surface area contributed by atoms with E-state index in [2.05, 4.69) is 48.1 Å². The van der Waals surface area contributed by atoms with Gasteiger partial charge in [0.2, 0.25) is 0 Å². The number of allylic oxidation sites excluding steroid dienone is 1. The molecule has 0 aliphatic carbocycles. The van der Waals surface area contributed by atoms with Crippen LogP contribution in [0.3, 0.4) is 0 Å². The molecule has 0 saturated carbocycles. The normalized spacial score (nSPS) is 14.9. The van der Waals surface area contributed by atoms with Crippen molar-refractivity contribution < 1.29 is 15.2 Å². The second kappa shape index (κ2) is 6.76. The topological polar surface area (TPSA) is 0 Å². The van der Waals surface area contributed by atoms with Gasteiger partial charge in [0.1, 0.15) is 0 Å². The molecule has 0 N–H and O–H groups in total. The van der Waals surface area contributed by atoms with Crippen molar-refractivity contribution in [3.05, 3.63) is 12.7 Å². The van der Waals surface area contributed by atoms with E-state index >= 15 is 0 Å². The Morgan fingerprint density at radius 1 is 1.07 bits per heavy atom. The predicted molar refractivity (Wildman–Crippen MR) is 74.6 cm³/mol. The monoisotopic (exact) mass is 343 g/mol. The van der Waals surface area contributed by atoms with Crippen molar-refractivity contribution >= 4 is 15.0 Å². The number of halogens is 1. The van der Waals surface area contributed by atoms with Crippen LogP contribution in [-0.4, -0.2) is 17.0 Å². The predicted octanol–water partition coefficient (Wildman–Crippen LogP) is 5.25. The van der Waals surface area contributed by atoms with Crippen LogP contribution in [0.5, 0.6) is 0 Å². The van der Waals surface area contributed by atoms with Gasteiger partial charge in [0, 0.05) is 0 Å². The Morgan fingerprint density at radius 2 is 1.40 bits per heavy atom. The molecule has 0 rings (SSSR count). The molecular weight excluding hydrogens is 317 g/mol. The molecule has 0 aliphatic heterocycles. The summed E-state index contributed by atoms with van der Waals surface area (Å²) in [6, 6.07) is 0. The SMILES string of the molecule is C=C[CH2][Pd]([Cl])[PH](C(C)C)(C(C)C)C(C)C. The van der Waals surface area contributed by atoms with Crippen molar-refractivity contribution in [2.24, 2.45) is 0 Å². The van der Waals surface area contributed by atoms with Crippen LogP contribution < -0.4 is 0 Å². The maximum atomic E-state index is 6.80. The fourth-order valence-electron chi connectivity index (χ4n) is 2.79. The summed E-state index contributed by atoms with van der Waals surface area (Å²) in [6.07, 6.45) is 2.03. The minimum absolute atomic E-state index is 0.788. The molecule has 0 aromatic rings. The quantitative estimate of drug-likeness (QED) is 0.351. The first-order chi connectivity index (χ1) is 6.81. The van der Waals surface area contributed by atoms with Gasteiger partial charge in [-0.2, -0.15) is 0 Å². The molecule has 15 heavy (non-hydrogen) atoms. The zero-order valence-corrected chi connectivity index (χ0v) is 14.2. The fraction of sp³-hybridized carbons (Fsp3) is 0.833. The molecule has 97 valence electrons. The van der Waals surface area contributed by atoms with Gasteiger partial charge in [0.05, 0.1) is 0 Å². The molecule has 0 heterocycles. The molecule has 0 radical (unpaired) electrons. The van der Waals surface area contributed by atoms with Crippen LogP contribution in [0.4, 0.5) is 0 Å². The van der Waals surface area contributed by atoms with Gasteiger partial charge in [-0.25, -0.2) is 0 Å². The summed E-state index contributed by atoms with van der Waals surface area (Å²) in [4.78, 5) is 1.08. The number of hydrogen-bond donors (Lipinski definition) is 0. The van der Waals surface area contributed by atoms with Crippen LogP contribution in [0.25, 0.3) is 0 Å². The van der Waals surface area contributed by atoms with Gasteiger partial charge in [-0.05, 0) is 0 Å². The molecular formula is C12H27ClPPd. The van der Waals surface area contributed by atoms with Gasteiger partial charge in [0.25, 0.3) is 0 Å². The van der Waals surface area contributed by atoms with E-state index in [4.69, 9.17) is 9.53 Å². The van der Waals surface area contributed by atoms with Crippen LogP contribution in [0, 0.1) is 0 Å². The van der Waals surface area contributed by atoms with E-state index in [1.807, 2.05) is 6.08 Å². The van der Waals surface area contributed by atoms with Crippen molar-refractivity contribution in [1.82, 2.24) is 0 Å². The average molecular weight is 344 g/mol. The molecule has 0 atom stereocenters. The van der Waals surface area contributed by atoms with Crippen LogP contribution in [-0.2, 0) is 15.2 Å². The van der Waals surface area contributed by atoms with Gasteiger partial charge in [-0.3, -0.25) is 0 Å². The van der Waals surface area contributed by atoms with Crippen molar-refractivity contribution in [3.63, 3.8) is 0 Å². The second-order valence-corrected chi connectivity index (χ2v) is 21.0. The Bertz CT molecular complexity index is 180. The van der Waals surface area contributed by atoms with Gasteiger partial charge < -0.3 is 0 Å². The van der Waals surface area contributed by atoms with E-state index in [1.54, 1.807) is 0 Å². The van der Waals surface area contributed by atoms with E-state index in [0.29, 0.717) is 0 Å². The van der Waals surface area contributed by atoms with Crippen molar-refractivity contribution in [2.75, 3.05) is 0 Å². The van der Waals surface area contributed by atoms with E-state index in [9.17, 15) is 0 Å². The molecule has 0 aromatic carbocycles. The Hall–Kier alpha value is 1.12. The first-order valence-corrected chi connectivity index (χ1v) is 13.1. The second-order valence-electron chi connectivity index (χ2n) is 4.91. The van der Waals surface area contributed by atoms with Crippen LogP contribution in [0.15, 0.2) is 12.7 Å². The van der Waals surface area contributed by atoms with Crippen molar-refractivity contribution in [3.8, 4) is 0 Å². The fourth-order valence-corrected chi connectivity index (χ4v) is 27.3. The van der Waals surface area contributed by atoms with E-state index in [0.717, 1.165) is 21.9 Å². The maximum absolute atomic E-state index is 6.80. The third-order valence-corrected chi connectivity index (χ3v) is 27.2. The summed E-state index contributed by atoms with van der Waals surface area (Å²) >= 11 is -0.900. The van der Waals surface area contributed by atoms with Gasteiger partial charge in [0.15, 0.2) is 0 Å². The third-order valence-electron chi connectivity index (χ3n) is 3.05. The number of hydrogen-bond acceptors (Lipinski definition) is 0. The average Bonchev–Trinajstić information content (AvgIpc) is 2.02. The summed E-state index contributed by atoms with van der Waals surface area (Å²) in [6.45, 7) is 18.1. The summed E-state index contributed by atoms with van der Waals surface area (Å²) in [5.74, 6) is 0. The Labute approximate surface area is 106 Å². The molecule has 0 aliphatic rings. The molecule has 0 amide bonds. The molecule has 0 saturated heterocycles. The van der Waals surface area contributed by atoms with E-state index in [-0.39, 0.29) is 0 Å². The summed E-state index contributed by atoms with van der Waals surface area (Å²) in [5.41, 5.74) is 1.02. The van der Waals surface area contributed by atoms with Gasteiger partial charge in [-0.15, -0.1) is 0 Å². The summed E-state index contributed by atoms with van der Waals surface area (Å²) in [7, 11) is 6.80. The Morgan fingerprint density at radius 3 is 1.60 bits per heavy atom. The Balaban J connectivity index is 5.21. The molecule has 0 aromatic heterocycles. The molecule has 3 heteroatoms. The van der Waals surface area contributed by atoms with Gasteiger partial charge in [-0.1, -0.05) is 0 Å². The zero-order valence-electron chi connectivity index (χ0n) is 10.9. The van der Waals surface area contributed by atoms with Crippen molar-refractivity contribution in [1.29, 1.82) is 0 Å². The van der Waals surface area contributed by atoms with Crippen LogP contribution in [0.1, 0.15) is 41.5 Å². The van der Waals surface area contributed by atoms with Gasteiger partial charge >= 0.3 is 106 Å². The minimum atomic E-state index is -1.34. The standard InChI is InChI=1S/C9H21P.C3H5.ClH.Pd/c1-7(2)10(8(3)4)9(5)6;1-3-2;;/h7-9H,1-6H3;3H,1-2H2;1H;. The van der Waals surface area contributed by atoms with E-state index in [1.165, 1.54) is 0 Å². The molecule has 0 spiro atoms. The zero-order chi connectivity index (χ0) is 12.2. The molecule has 0 unspecified atom stereocenters. The molecule has 0 fully saturated rings. The summed E-state index contributed by atoms with van der Waals surface area (Å²) in [5, 5.41) is 0. The first kappa shape index (κ1) is 16.1.